The Morgan fingerprint density at radius 1 is 0.929 bits per heavy atom. The minimum Gasteiger partial charge on any atom is -0.494 e. The van der Waals surface area contributed by atoms with Crippen LogP contribution in [0.4, 0.5) is 11.4 Å². The summed E-state index contributed by atoms with van der Waals surface area (Å²) in [6.07, 6.45) is 3.45. The molecule has 0 aliphatic heterocycles. The van der Waals surface area contributed by atoms with Crippen LogP contribution in [-0.4, -0.2) is 18.4 Å². The van der Waals surface area contributed by atoms with E-state index in [0.29, 0.717) is 29.3 Å². The molecule has 3 aromatic rings. The molecular formula is C22H22N2O4. The van der Waals surface area contributed by atoms with E-state index in [-0.39, 0.29) is 17.6 Å². The van der Waals surface area contributed by atoms with Crippen molar-refractivity contribution >= 4 is 23.2 Å². The lowest BCUT2D eigenvalue weighted by Gasteiger charge is -2.10. The smallest absolute Gasteiger partial charge is 0.291 e. The van der Waals surface area contributed by atoms with Crippen molar-refractivity contribution in [2.75, 3.05) is 17.2 Å². The Balaban J connectivity index is 1.64. The minimum absolute atomic E-state index is 0.217. The molecule has 0 aliphatic rings. The van der Waals surface area contributed by atoms with Crippen molar-refractivity contribution in [3.05, 3.63) is 78.3 Å². The summed E-state index contributed by atoms with van der Waals surface area (Å²) in [5.41, 5.74) is 1.62. The average molecular weight is 378 g/mol. The number of anilines is 2. The third-order valence-electron chi connectivity index (χ3n) is 3.99. The molecule has 0 unspecified atom stereocenters. The van der Waals surface area contributed by atoms with Gasteiger partial charge < -0.3 is 19.8 Å². The Morgan fingerprint density at radius 2 is 1.68 bits per heavy atom. The van der Waals surface area contributed by atoms with Crippen molar-refractivity contribution in [1.29, 1.82) is 0 Å². The van der Waals surface area contributed by atoms with Crippen LogP contribution in [0.25, 0.3) is 0 Å². The van der Waals surface area contributed by atoms with Crippen molar-refractivity contribution in [3.8, 4) is 5.75 Å². The molecule has 3 rings (SSSR count). The highest BCUT2D eigenvalue weighted by Crippen LogP contribution is 2.19. The maximum Gasteiger partial charge on any atom is 0.291 e. The number of ether oxygens (including phenoxy) is 1. The fraction of sp³-hybridized carbons (Fsp3) is 0.182. The molecule has 1 heterocycles. The predicted octanol–water partition coefficient (Wildman–Crippen LogP) is 4.96. The lowest BCUT2D eigenvalue weighted by Crippen LogP contribution is -2.13. The summed E-state index contributed by atoms with van der Waals surface area (Å²) in [6.45, 7) is 2.72. The van der Waals surface area contributed by atoms with Crippen molar-refractivity contribution in [3.63, 3.8) is 0 Å². The highest BCUT2D eigenvalue weighted by molar-refractivity contribution is 6.05. The van der Waals surface area contributed by atoms with Crippen LogP contribution in [0.15, 0.2) is 71.3 Å². The molecular weight excluding hydrogens is 356 g/mol. The van der Waals surface area contributed by atoms with Gasteiger partial charge in [0, 0.05) is 16.9 Å². The van der Waals surface area contributed by atoms with Crippen molar-refractivity contribution < 1.29 is 18.7 Å². The van der Waals surface area contributed by atoms with Gasteiger partial charge in [0.2, 0.25) is 0 Å². The molecule has 1 aromatic heterocycles. The molecule has 0 aliphatic carbocycles. The van der Waals surface area contributed by atoms with Crippen LogP contribution in [0.2, 0.25) is 0 Å². The number of carbonyl (C=O) groups is 2. The summed E-state index contributed by atoms with van der Waals surface area (Å²) in [6, 6.07) is 17.2. The van der Waals surface area contributed by atoms with E-state index < -0.39 is 0 Å². The first kappa shape index (κ1) is 19.2. The summed E-state index contributed by atoms with van der Waals surface area (Å²) in [7, 11) is 0. The molecule has 28 heavy (non-hydrogen) atoms. The molecule has 6 nitrogen and oxygen atoms in total. The van der Waals surface area contributed by atoms with E-state index in [1.165, 1.54) is 6.26 Å². The highest BCUT2D eigenvalue weighted by atomic mass is 16.5. The number of amides is 2. The molecule has 0 saturated heterocycles. The topological polar surface area (TPSA) is 80.6 Å². The van der Waals surface area contributed by atoms with Crippen molar-refractivity contribution in [2.24, 2.45) is 0 Å². The number of hydrogen-bond donors (Lipinski definition) is 2. The third kappa shape index (κ3) is 5.23. The van der Waals surface area contributed by atoms with E-state index >= 15 is 0 Å². The van der Waals surface area contributed by atoms with Gasteiger partial charge >= 0.3 is 0 Å². The van der Waals surface area contributed by atoms with E-state index in [1.807, 2.05) is 6.07 Å². The second kappa shape index (κ2) is 9.41. The number of unbranched alkanes of at least 4 members (excludes halogenated alkanes) is 1. The maximum atomic E-state index is 12.5. The summed E-state index contributed by atoms with van der Waals surface area (Å²) in [5, 5.41) is 5.56. The molecule has 0 fully saturated rings. The van der Waals surface area contributed by atoms with Crippen LogP contribution >= 0.6 is 0 Å². The maximum absolute atomic E-state index is 12.5. The van der Waals surface area contributed by atoms with Gasteiger partial charge in [-0.05, 0) is 55.0 Å². The van der Waals surface area contributed by atoms with Gasteiger partial charge in [0.15, 0.2) is 5.76 Å². The van der Waals surface area contributed by atoms with E-state index in [4.69, 9.17) is 9.15 Å². The van der Waals surface area contributed by atoms with Crippen LogP contribution < -0.4 is 15.4 Å². The molecule has 0 radical (unpaired) electrons. The van der Waals surface area contributed by atoms with E-state index in [1.54, 1.807) is 54.6 Å². The number of carbonyl (C=O) groups excluding carboxylic acids is 2. The summed E-state index contributed by atoms with van der Waals surface area (Å²) >= 11 is 0. The molecule has 2 amide bonds. The molecule has 6 heteroatoms. The second-order valence-electron chi connectivity index (χ2n) is 6.20. The summed E-state index contributed by atoms with van der Waals surface area (Å²) < 4.78 is 10.7. The highest BCUT2D eigenvalue weighted by Gasteiger charge is 2.11. The summed E-state index contributed by atoms with van der Waals surface area (Å²) in [5.74, 6) is 0.274. The zero-order chi connectivity index (χ0) is 19.8. The molecule has 2 N–H and O–H groups in total. The standard InChI is InChI=1S/C22H22N2O4/c1-2-3-12-27-19-10-4-7-16(14-19)21(25)23-17-8-5-9-18(15-17)24-22(26)20-11-6-13-28-20/h4-11,13-15H,2-3,12H2,1H3,(H,23,25)(H,24,26). The molecule has 0 atom stereocenters. The third-order valence-corrected chi connectivity index (χ3v) is 3.99. The lowest BCUT2D eigenvalue weighted by molar-refractivity contribution is 0.0995. The van der Waals surface area contributed by atoms with Crippen molar-refractivity contribution in [2.45, 2.75) is 19.8 Å². The van der Waals surface area contributed by atoms with Crippen molar-refractivity contribution in [1.82, 2.24) is 0 Å². The molecule has 0 spiro atoms. The quantitative estimate of drug-likeness (QED) is 0.543. The normalized spacial score (nSPS) is 10.3. The zero-order valence-electron chi connectivity index (χ0n) is 15.6. The minimum atomic E-state index is -0.356. The van der Waals surface area contributed by atoms with E-state index in [0.717, 1.165) is 12.8 Å². The first-order valence-electron chi connectivity index (χ1n) is 9.15. The second-order valence-corrected chi connectivity index (χ2v) is 6.20. The van der Waals surface area contributed by atoms with Crippen LogP contribution in [-0.2, 0) is 0 Å². The number of benzene rings is 2. The molecule has 144 valence electrons. The van der Waals surface area contributed by atoms with Crippen LogP contribution in [0, 0.1) is 0 Å². The summed E-state index contributed by atoms with van der Waals surface area (Å²) in [4.78, 5) is 24.6. The van der Waals surface area contributed by atoms with Gasteiger partial charge in [-0.15, -0.1) is 0 Å². The number of hydrogen-bond acceptors (Lipinski definition) is 4. The van der Waals surface area contributed by atoms with Gasteiger partial charge in [0.1, 0.15) is 5.75 Å². The van der Waals surface area contributed by atoms with Gasteiger partial charge in [-0.1, -0.05) is 25.5 Å². The Morgan fingerprint density at radius 3 is 2.39 bits per heavy atom. The average Bonchev–Trinajstić information content (AvgIpc) is 3.24. The molecule has 0 saturated carbocycles. The van der Waals surface area contributed by atoms with Gasteiger partial charge in [-0.2, -0.15) is 0 Å². The number of rotatable bonds is 8. The zero-order valence-corrected chi connectivity index (χ0v) is 15.6. The number of furan rings is 1. The largest absolute Gasteiger partial charge is 0.494 e. The van der Waals surface area contributed by atoms with E-state index in [2.05, 4.69) is 17.6 Å². The van der Waals surface area contributed by atoms with Crippen LogP contribution in [0.1, 0.15) is 40.7 Å². The Kier molecular flexibility index (Phi) is 6.46. The van der Waals surface area contributed by atoms with Crippen LogP contribution in [0.3, 0.4) is 0 Å². The monoisotopic (exact) mass is 378 g/mol. The van der Waals surface area contributed by atoms with Gasteiger partial charge in [0.05, 0.1) is 12.9 Å². The Labute approximate surface area is 163 Å². The number of nitrogens with one attached hydrogen (secondary N) is 2. The SMILES string of the molecule is CCCCOc1cccc(C(=O)Nc2cccc(NC(=O)c3ccco3)c2)c1. The first-order valence-corrected chi connectivity index (χ1v) is 9.15. The first-order chi connectivity index (χ1) is 13.7. The van der Waals surface area contributed by atoms with Gasteiger partial charge in [0.25, 0.3) is 11.8 Å². The Bertz CT molecular complexity index is 935. The fourth-order valence-electron chi connectivity index (χ4n) is 2.54. The Hall–Kier alpha value is -3.54. The lowest BCUT2D eigenvalue weighted by atomic mass is 10.2. The fourth-order valence-corrected chi connectivity index (χ4v) is 2.54. The van der Waals surface area contributed by atoms with E-state index in [9.17, 15) is 9.59 Å². The molecule has 2 aromatic carbocycles. The van der Waals surface area contributed by atoms with Gasteiger partial charge in [-0.3, -0.25) is 9.59 Å². The predicted molar refractivity (Wildman–Crippen MR) is 108 cm³/mol. The molecule has 0 bridgehead atoms. The van der Waals surface area contributed by atoms with Crippen LogP contribution in [0.5, 0.6) is 5.75 Å². The van der Waals surface area contributed by atoms with Gasteiger partial charge in [-0.25, -0.2) is 0 Å².